The standard InChI is InChI=1S/C20H32N2O2/c1-20(2,3)16-5-8-18(19(15-16)23-4)22-11-9-21(10-12-22)13-14-24-17-6-7-17/h5,8,15,17H,6-7,9-14H2,1-4H3. The zero-order valence-corrected chi connectivity index (χ0v) is 15.7. The first-order valence-corrected chi connectivity index (χ1v) is 9.25. The van der Waals surface area contributed by atoms with E-state index in [-0.39, 0.29) is 5.41 Å². The molecule has 0 aromatic heterocycles. The van der Waals surface area contributed by atoms with Crippen LogP contribution in [0.1, 0.15) is 39.2 Å². The maximum absolute atomic E-state index is 5.77. The van der Waals surface area contributed by atoms with Crippen molar-refractivity contribution < 1.29 is 9.47 Å². The van der Waals surface area contributed by atoms with Crippen molar-refractivity contribution in [3.05, 3.63) is 23.8 Å². The van der Waals surface area contributed by atoms with Crippen molar-refractivity contribution >= 4 is 5.69 Å². The molecule has 0 N–H and O–H groups in total. The third kappa shape index (κ3) is 4.42. The van der Waals surface area contributed by atoms with E-state index in [1.165, 1.54) is 24.1 Å². The van der Waals surface area contributed by atoms with E-state index >= 15 is 0 Å². The number of rotatable bonds is 6. The van der Waals surface area contributed by atoms with Crippen LogP contribution in [0.15, 0.2) is 18.2 Å². The molecule has 1 saturated heterocycles. The van der Waals surface area contributed by atoms with Crippen molar-refractivity contribution in [2.45, 2.75) is 45.1 Å². The molecule has 4 heteroatoms. The molecule has 1 aromatic rings. The van der Waals surface area contributed by atoms with E-state index in [2.05, 4.69) is 48.8 Å². The molecule has 0 spiro atoms. The Balaban J connectivity index is 1.56. The van der Waals surface area contributed by atoms with Crippen LogP contribution in [-0.2, 0) is 10.2 Å². The zero-order chi connectivity index (χ0) is 17.2. The highest BCUT2D eigenvalue weighted by Crippen LogP contribution is 2.34. The average Bonchev–Trinajstić information content (AvgIpc) is 3.38. The summed E-state index contributed by atoms with van der Waals surface area (Å²) in [7, 11) is 1.77. The lowest BCUT2D eigenvalue weighted by Gasteiger charge is -2.37. The van der Waals surface area contributed by atoms with Crippen molar-refractivity contribution in [1.29, 1.82) is 0 Å². The van der Waals surface area contributed by atoms with Crippen LogP contribution in [0.3, 0.4) is 0 Å². The summed E-state index contributed by atoms with van der Waals surface area (Å²) in [6.45, 7) is 13.0. The molecule has 134 valence electrons. The summed E-state index contributed by atoms with van der Waals surface area (Å²) in [5.41, 5.74) is 2.69. The smallest absolute Gasteiger partial charge is 0.142 e. The first kappa shape index (κ1) is 17.6. The normalized spacial score (nSPS) is 19.6. The van der Waals surface area contributed by atoms with Gasteiger partial charge in [-0.05, 0) is 36.0 Å². The topological polar surface area (TPSA) is 24.9 Å². The first-order chi connectivity index (χ1) is 11.5. The number of hydrogen-bond donors (Lipinski definition) is 0. The van der Waals surface area contributed by atoms with E-state index in [0.29, 0.717) is 6.10 Å². The van der Waals surface area contributed by atoms with Crippen molar-refractivity contribution in [1.82, 2.24) is 4.90 Å². The fraction of sp³-hybridized carbons (Fsp3) is 0.700. The van der Waals surface area contributed by atoms with Crippen LogP contribution in [0.2, 0.25) is 0 Å². The van der Waals surface area contributed by atoms with E-state index in [1.54, 1.807) is 7.11 Å². The molecule has 2 fully saturated rings. The number of methoxy groups -OCH3 is 1. The van der Waals surface area contributed by atoms with E-state index in [1.807, 2.05) is 0 Å². The van der Waals surface area contributed by atoms with Gasteiger partial charge in [0.15, 0.2) is 0 Å². The third-order valence-electron chi connectivity index (χ3n) is 5.04. The predicted octanol–water partition coefficient (Wildman–Crippen LogP) is 3.29. The van der Waals surface area contributed by atoms with E-state index in [0.717, 1.165) is 45.1 Å². The molecule has 1 aliphatic carbocycles. The molecule has 24 heavy (non-hydrogen) atoms. The summed E-state index contributed by atoms with van der Waals surface area (Å²) in [6.07, 6.45) is 3.09. The van der Waals surface area contributed by atoms with Gasteiger partial charge in [-0.1, -0.05) is 26.8 Å². The van der Waals surface area contributed by atoms with E-state index in [4.69, 9.17) is 9.47 Å². The van der Waals surface area contributed by atoms with Crippen LogP contribution in [0.4, 0.5) is 5.69 Å². The number of piperazine rings is 1. The number of ether oxygens (including phenoxy) is 2. The van der Waals surface area contributed by atoms with Gasteiger partial charge >= 0.3 is 0 Å². The number of benzene rings is 1. The van der Waals surface area contributed by atoms with Crippen LogP contribution >= 0.6 is 0 Å². The third-order valence-corrected chi connectivity index (χ3v) is 5.04. The maximum Gasteiger partial charge on any atom is 0.142 e. The summed E-state index contributed by atoms with van der Waals surface area (Å²) in [4.78, 5) is 4.96. The van der Waals surface area contributed by atoms with Gasteiger partial charge in [-0.3, -0.25) is 4.90 Å². The molecule has 0 bridgehead atoms. The second-order valence-electron chi connectivity index (χ2n) is 8.04. The average molecular weight is 332 g/mol. The summed E-state index contributed by atoms with van der Waals surface area (Å²) in [5, 5.41) is 0. The van der Waals surface area contributed by atoms with Gasteiger partial charge in [0.1, 0.15) is 5.75 Å². The molecule has 0 unspecified atom stereocenters. The monoisotopic (exact) mass is 332 g/mol. The van der Waals surface area contributed by atoms with Crippen LogP contribution < -0.4 is 9.64 Å². The molecule has 1 aromatic carbocycles. The van der Waals surface area contributed by atoms with Crippen LogP contribution in [-0.4, -0.2) is 57.4 Å². The molecule has 0 amide bonds. The van der Waals surface area contributed by atoms with E-state index in [9.17, 15) is 0 Å². The largest absolute Gasteiger partial charge is 0.495 e. The molecule has 1 saturated carbocycles. The van der Waals surface area contributed by atoms with Gasteiger partial charge < -0.3 is 14.4 Å². The fourth-order valence-electron chi connectivity index (χ4n) is 3.20. The maximum atomic E-state index is 5.77. The lowest BCUT2D eigenvalue weighted by molar-refractivity contribution is 0.0899. The minimum atomic E-state index is 0.145. The Morgan fingerprint density at radius 3 is 2.38 bits per heavy atom. The Labute approximate surface area is 146 Å². The van der Waals surface area contributed by atoms with Crippen LogP contribution in [0.5, 0.6) is 5.75 Å². The molecule has 1 aliphatic heterocycles. The Morgan fingerprint density at radius 1 is 1.08 bits per heavy atom. The highest BCUT2D eigenvalue weighted by Gasteiger charge is 2.24. The molecule has 0 radical (unpaired) electrons. The molecular formula is C20H32N2O2. The molecule has 2 aliphatic rings. The van der Waals surface area contributed by atoms with Crippen molar-refractivity contribution in [3.8, 4) is 5.75 Å². The molecule has 0 atom stereocenters. The lowest BCUT2D eigenvalue weighted by atomic mass is 9.87. The van der Waals surface area contributed by atoms with Crippen molar-refractivity contribution in [3.63, 3.8) is 0 Å². The Kier molecular flexibility index (Phi) is 5.36. The molecule has 3 rings (SSSR count). The van der Waals surface area contributed by atoms with Gasteiger partial charge in [0, 0.05) is 32.7 Å². The van der Waals surface area contributed by atoms with Crippen LogP contribution in [0.25, 0.3) is 0 Å². The number of hydrogen-bond acceptors (Lipinski definition) is 4. The van der Waals surface area contributed by atoms with Gasteiger partial charge in [0.25, 0.3) is 0 Å². The molecule has 1 heterocycles. The summed E-state index contributed by atoms with van der Waals surface area (Å²) >= 11 is 0. The highest BCUT2D eigenvalue weighted by atomic mass is 16.5. The Hall–Kier alpha value is -1.26. The second-order valence-corrected chi connectivity index (χ2v) is 8.04. The van der Waals surface area contributed by atoms with Crippen LogP contribution in [0, 0.1) is 0 Å². The molecule has 4 nitrogen and oxygen atoms in total. The first-order valence-electron chi connectivity index (χ1n) is 9.25. The number of nitrogens with zero attached hydrogens (tertiary/aromatic N) is 2. The van der Waals surface area contributed by atoms with Gasteiger partial charge in [0.05, 0.1) is 25.5 Å². The SMILES string of the molecule is COc1cc(C(C)(C)C)ccc1N1CCN(CCOC2CC2)CC1. The van der Waals surface area contributed by atoms with Gasteiger partial charge in [-0.25, -0.2) is 0 Å². The summed E-state index contributed by atoms with van der Waals surface area (Å²) in [6, 6.07) is 6.67. The van der Waals surface area contributed by atoms with E-state index < -0.39 is 0 Å². The van der Waals surface area contributed by atoms with Gasteiger partial charge in [-0.15, -0.1) is 0 Å². The Bertz CT molecular complexity index is 541. The Morgan fingerprint density at radius 2 is 1.79 bits per heavy atom. The second kappa shape index (κ2) is 7.32. The van der Waals surface area contributed by atoms with Crippen molar-refractivity contribution in [2.75, 3.05) is 51.3 Å². The highest BCUT2D eigenvalue weighted by molar-refractivity contribution is 5.60. The number of anilines is 1. The summed E-state index contributed by atoms with van der Waals surface area (Å²) < 4.78 is 11.5. The van der Waals surface area contributed by atoms with Crippen molar-refractivity contribution in [2.24, 2.45) is 0 Å². The zero-order valence-electron chi connectivity index (χ0n) is 15.7. The summed E-state index contributed by atoms with van der Waals surface area (Å²) in [5.74, 6) is 0.993. The lowest BCUT2D eigenvalue weighted by Crippen LogP contribution is -2.47. The predicted molar refractivity (Wildman–Crippen MR) is 99.3 cm³/mol. The van der Waals surface area contributed by atoms with Gasteiger partial charge in [0.2, 0.25) is 0 Å². The minimum Gasteiger partial charge on any atom is -0.495 e. The molecular weight excluding hydrogens is 300 g/mol. The van der Waals surface area contributed by atoms with Gasteiger partial charge in [-0.2, -0.15) is 0 Å². The quantitative estimate of drug-likeness (QED) is 0.798. The minimum absolute atomic E-state index is 0.145. The fourth-order valence-corrected chi connectivity index (χ4v) is 3.20.